The molecule has 8 nitrogen and oxygen atoms in total. The van der Waals surface area contributed by atoms with Crippen molar-refractivity contribution >= 4 is 35.0 Å². The second-order valence-corrected chi connectivity index (χ2v) is 8.99. The van der Waals surface area contributed by atoms with Gasteiger partial charge in [0.15, 0.2) is 17.4 Å². The molecule has 0 aliphatic carbocycles. The first-order chi connectivity index (χ1) is 14.0. The van der Waals surface area contributed by atoms with E-state index in [1.165, 1.54) is 4.90 Å². The molecule has 3 rings (SSSR count). The van der Waals surface area contributed by atoms with Gasteiger partial charge in [0, 0.05) is 14.1 Å². The van der Waals surface area contributed by atoms with Crippen LogP contribution in [0, 0.1) is 5.41 Å². The van der Waals surface area contributed by atoms with Crippen molar-refractivity contribution in [2.75, 3.05) is 24.7 Å². The second-order valence-electron chi connectivity index (χ2n) is 8.47. The van der Waals surface area contributed by atoms with Gasteiger partial charge in [-0.05, 0) is 36.6 Å². The number of furan rings is 1. The van der Waals surface area contributed by atoms with Crippen molar-refractivity contribution in [3.05, 3.63) is 47.9 Å². The Morgan fingerprint density at radius 2 is 1.80 bits per heavy atom. The number of benzene rings is 1. The summed E-state index contributed by atoms with van der Waals surface area (Å²) < 4.78 is 14.4. The lowest BCUT2D eigenvalue weighted by atomic mass is 9.73. The first-order valence-corrected chi connectivity index (χ1v) is 10.2. The number of hydrogen-bond acceptors (Lipinski definition) is 8. The van der Waals surface area contributed by atoms with Crippen LogP contribution in [0.3, 0.4) is 0 Å². The average Bonchev–Trinajstić information content (AvgIpc) is 3.34. The summed E-state index contributed by atoms with van der Waals surface area (Å²) in [4.78, 5) is 13.7. The summed E-state index contributed by atoms with van der Waals surface area (Å²) in [6.07, 6.45) is 1.64. The van der Waals surface area contributed by atoms with Gasteiger partial charge in [-0.25, -0.2) is 0 Å². The lowest BCUT2D eigenvalue weighted by molar-refractivity contribution is 0.0824. The molecular weight excluding hydrogens is 402 g/mol. The molecule has 0 saturated carbocycles. The van der Waals surface area contributed by atoms with E-state index in [0.29, 0.717) is 17.3 Å². The lowest BCUT2D eigenvalue weighted by Crippen LogP contribution is -2.44. The molecule has 9 heteroatoms. The number of carbonyl (C=O) groups excluding carboxylic acids is 1. The minimum Gasteiger partial charge on any atom is -0.505 e. The van der Waals surface area contributed by atoms with Crippen LogP contribution in [0.1, 0.15) is 43.8 Å². The maximum Gasteiger partial charge on any atom is 0.257 e. The molecule has 3 aromatic rings. The Balaban J connectivity index is 1.93. The predicted molar refractivity (Wildman–Crippen MR) is 118 cm³/mol. The molecule has 0 aliphatic rings. The topological polar surface area (TPSA) is 104 Å². The van der Waals surface area contributed by atoms with Crippen LogP contribution >= 0.6 is 11.7 Å². The largest absolute Gasteiger partial charge is 0.505 e. The van der Waals surface area contributed by atoms with Gasteiger partial charge >= 0.3 is 0 Å². The van der Waals surface area contributed by atoms with E-state index in [-0.39, 0.29) is 22.6 Å². The van der Waals surface area contributed by atoms with Gasteiger partial charge in [0.2, 0.25) is 0 Å². The summed E-state index contributed by atoms with van der Waals surface area (Å²) in [6.45, 7) is 8.37. The van der Waals surface area contributed by atoms with Crippen molar-refractivity contribution in [3.8, 4) is 5.75 Å². The van der Waals surface area contributed by atoms with Crippen LogP contribution in [0.5, 0.6) is 5.75 Å². The highest BCUT2D eigenvalue weighted by molar-refractivity contribution is 6.99. The third kappa shape index (κ3) is 3.97. The smallest absolute Gasteiger partial charge is 0.257 e. The highest BCUT2D eigenvalue weighted by Gasteiger charge is 2.42. The monoisotopic (exact) mass is 429 g/mol. The fraction of sp³-hybridized carbons (Fsp3) is 0.381. The maximum atomic E-state index is 12.3. The fourth-order valence-corrected chi connectivity index (χ4v) is 3.42. The predicted octanol–water partition coefficient (Wildman–Crippen LogP) is 4.66. The minimum atomic E-state index is -0.576. The standard InChI is InChI=1S/C21H27N5O3S/c1-20(2,3)21(4,15-11-8-12-29-15)23-18-17(24-30-25-18)22-14-10-7-9-13(16(14)27)19(28)26(5)6/h7-12,27H,1-6H3,(H,22,24)(H,23,25). The number of hydrogen-bond donors (Lipinski definition) is 3. The highest BCUT2D eigenvalue weighted by atomic mass is 32.1. The van der Waals surface area contributed by atoms with Crippen LogP contribution in [0.15, 0.2) is 41.0 Å². The number of aromatic hydroxyl groups is 1. The molecule has 160 valence electrons. The van der Waals surface area contributed by atoms with E-state index in [9.17, 15) is 9.90 Å². The van der Waals surface area contributed by atoms with Gasteiger partial charge < -0.3 is 25.1 Å². The average molecular weight is 430 g/mol. The van der Waals surface area contributed by atoms with Crippen LogP contribution in [0.25, 0.3) is 0 Å². The molecule has 2 aromatic heterocycles. The molecule has 3 N–H and O–H groups in total. The Labute approximate surface area is 180 Å². The molecule has 1 amide bonds. The number of nitrogens with zero attached hydrogens (tertiary/aromatic N) is 3. The third-order valence-corrected chi connectivity index (χ3v) is 5.83. The zero-order valence-corrected chi connectivity index (χ0v) is 18.8. The van der Waals surface area contributed by atoms with Crippen molar-refractivity contribution in [1.29, 1.82) is 0 Å². The quantitative estimate of drug-likeness (QED) is 0.490. The van der Waals surface area contributed by atoms with Crippen molar-refractivity contribution in [2.45, 2.75) is 33.2 Å². The summed E-state index contributed by atoms with van der Waals surface area (Å²) in [5.74, 6) is 1.32. The Morgan fingerprint density at radius 3 is 2.40 bits per heavy atom. The third-order valence-electron chi connectivity index (χ3n) is 5.30. The first kappa shape index (κ1) is 21.6. The molecule has 0 fully saturated rings. The van der Waals surface area contributed by atoms with Gasteiger partial charge in [0.1, 0.15) is 5.76 Å². The molecule has 2 heterocycles. The van der Waals surface area contributed by atoms with Crippen molar-refractivity contribution in [1.82, 2.24) is 13.6 Å². The number of para-hydroxylation sites is 1. The summed E-state index contributed by atoms with van der Waals surface area (Å²) in [5, 5.41) is 17.2. The summed E-state index contributed by atoms with van der Waals surface area (Å²) >= 11 is 1.04. The van der Waals surface area contributed by atoms with Gasteiger partial charge in [-0.1, -0.05) is 26.8 Å². The number of anilines is 3. The molecule has 0 aliphatic heterocycles. The number of rotatable bonds is 6. The molecule has 1 atom stereocenters. The number of carbonyl (C=O) groups is 1. The summed E-state index contributed by atoms with van der Waals surface area (Å²) in [6, 6.07) is 8.74. The van der Waals surface area contributed by atoms with Crippen LogP contribution in [0.2, 0.25) is 0 Å². The molecule has 0 bridgehead atoms. The van der Waals surface area contributed by atoms with Gasteiger partial charge in [-0.3, -0.25) is 4.79 Å². The van der Waals surface area contributed by atoms with Gasteiger partial charge in [-0.15, -0.1) is 0 Å². The molecular formula is C21H27N5O3S. The molecule has 0 spiro atoms. The van der Waals surface area contributed by atoms with E-state index in [1.807, 2.05) is 19.1 Å². The van der Waals surface area contributed by atoms with E-state index < -0.39 is 5.54 Å². The van der Waals surface area contributed by atoms with Crippen molar-refractivity contribution in [2.24, 2.45) is 5.41 Å². The van der Waals surface area contributed by atoms with E-state index in [2.05, 4.69) is 40.2 Å². The number of phenolic OH excluding ortho intramolecular Hbond substituents is 1. The zero-order valence-electron chi connectivity index (χ0n) is 18.0. The van der Waals surface area contributed by atoms with E-state index in [1.54, 1.807) is 38.6 Å². The molecule has 1 unspecified atom stereocenters. The van der Waals surface area contributed by atoms with Crippen molar-refractivity contribution in [3.63, 3.8) is 0 Å². The summed E-state index contributed by atoms with van der Waals surface area (Å²) in [7, 11) is 3.27. The Hall–Kier alpha value is -3.07. The normalized spacial score (nSPS) is 13.5. The van der Waals surface area contributed by atoms with Crippen molar-refractivity contribution < 1.29 is 14.3 Å². The summed E-state index contributed by atoms with van der Waals surface area (Å²) in [5.41, 5.74) is -0.217. The maximum absolute atomic E-state index is 12.3. The number of phenols is 1. The van der Waals surface area contributed by atoms with E-state index in [0.717, 1.165) is 17.5 Å². The minimum absolute atomic E-state index is 0.139. The Bertz CT molecular complexity index is 1020. The van der Waals surface area contributed by atoms with E-state index >= 15 is 0 Å². The van der Waals surface area contributed by atoms with Crippen LogP contribution in [0.4, 0.5) is 17.3 Å². The fourth-order valence-electron chi connectivity index (χ4n) is 2.96. The zero-order chi connectivity index (χ0) is 22.1. The van der Waals surface area contributed by atoms with Gasteiger partial charge in [0.25, 0.3) is 5.91 Å². The van der Waals surface area contributed by atoms with Crippen LogP contribution in [-0.2, 0) is 5.54 Å². The van der Waals surface area contributed by atoms with Crippen LogP contribution < -0.4 is 10.6 Å². The molecule has 0 radical (unpaired) electrons. The molecule has 30 heavy (non-hydrogen) atoms. The Morgan fingerprint density at radius 1 is 1.10 bits per heavy atom. The SMILES string of the molecule is CN(C)C(=O)c1cccc(Nc2nsnc2NC(C)(c2ccco2)C(C)(C)C)c1O. The second kappa shape index (κ2) is 7.98. The van der Waals surface area contributed by atoms with Gasteiger partial charge in [0.05, 0.1) is 34.8 Å². The number of amides is 1. The number of aromatic nitrogens is 2. The van der Waals surface area contributed by atoms with Gasteiger partial charge in [-0.2, -0.15) is 8.75 Å². The van der Waals surface area contributed by atoms with Crippen LogP contribution in [-0.4, -0.2) is 38.8 Å². The molecule has 1 aromatic carbocycles. The number of nitrogens with one attached hydrogen (secondary N) is 2. The highest BCUT2D eigenvalue weighted by Crippen LogP contribution is 2.43. The lowest BCUT2D eigenvalue weighted by Gasteiger charge is -2.41. The van der Waals surface area contributed by atoms with E-state index in [4.69, 9.17) is 4.42 Å². The first-order valence-electron chi connectivity index (χ1n) is 9.50. The molecule has 0 saturated heterocycles. The Kier molecular flexibility index (Phi) is 5.76.